The number of aromatic nitrogens is 3. The Balaban J connectivity index is 1.49. The summed E-state index contributed by atoms with van der Waals surface area (Å²) in [5.41, 5.74) is 3.15. The number of carboxylic acid groups (broad SMARTS) is 1. The summed E-state index contributed by atoms with van der Waals surface area (Å²) in [6.07, 6.45) is 0.873. The number of hydrogen-bond donors (Lipinski definition) is 3. The minimum atomic E-state index is -4.15. The molecule has 0 aliphatic rings. The molecule has 3 aromatic carbocycles. The van der Waals surface area contributed by atoms with Gasteiger partial charge in [0.2, 0.25) is 0 Å². The number of H-pyrrole nitrogens is 1. The molecule has 0 aliphatic carbocycles. The highest BCUT2D eigenvalue weighted by Crippen LogP contribution is 2.32. The van der Waals surface area contributed by atoms with Crippen LogP contribution < -0.4 is 4.72 Å². The second kappa shape index (κ2) is 10.00. The van der Waals surface area contributed by atoms with Crippen molar-refractivity contribution < 1.29 is 22.7 Å². The predicted molar refractivity (Wildman–Crippen MR) is 143 cm³/mol. The van der Waals surface area contributed by atoms with Gasteiger partial charge < -0.3 is 5.11 Å². The monoisotopic (exact) mass is 541 g/mol. The van der Waals surface area contributed by atoms with E-state index in [2.05, 4.69) is 19.9 Å². The SMILES string of the molecule is CCc1ccc(-c2[nH]nc3nc(-c4ccc(S(=O)(=O)Nc5ccc(C#N)cc5F)cc4)cc(C(=O)O)c23)cc1. The van der Waals surface area contributed by atoms with Gasteiger partial charge in [0.25, 0.3) is 10.0 Å². The summed E-state index contributed by atoms with van der Waals surface area (Å²) in [6.45, 7) is 2.04. The van der Waals surface area contributed by atoms with Gasteiger partial charge in [-0.1, -0.05) is 43.3 Å². The Hall–Kier alpha value is -5.08. The fourth-order valence-corrected chi connectivity index (χ4v) is 5.20. The topological polar surface area (TPSA) is 149 Å². The number of rotatable bonds is 7. The van der Waals surface area contributed by atoms with E-state index in [1.807, 2.05) is 31.2 Å². The number of benzene rings is 3. The smallest absolute Gasteiger partial charge is 0.336 e. The number of carboxylic acids is 1. The lowest BCUT2D eigenvalue weighted by Crippen LogP contribution is -2.14. The summed E-state index contributed by atoms with van der Waals surface area (Å²) in [6, 6.07) is 19.9. The van der Waals surface area contributed by atoms with E-state index in [0.29, 0.717) is 16.6 Å². The van der Waals surface area contributed by atoms with Crippen LogP contribution in [0.25, 0.3) is 33.5 Å². The van der Waals surface area contributed by atoms with Crippen molar-refractivity contribution >= 4 is 32.7 Å². The largest absolute Gasteiger partial charge is 0.478 e. The van der Waals surface area contributed by atoms with Crippen LogP contribution >= 0.6 is 0 Å². The summed E-state index contributed by atoms with van der Waals surface area (Å²) in [7, 11) is -4.15. The molecule has 0 spiro atoms. The zero-order chi connectivity index (χ0) is 27.7. The molecule has 194 valence electrons. The van der Waals surface area contributed by atoms with E-state index in [4.69, 9.17) is 5.26 Å². The quantitative estimate of drug-likeness (QED) is 0.251. The molecule has 0 radical (unpaired) electrons. The Morgan fingerprint density at radius 1 is 1.05 bits per heavy atom. The van der Waals surface area contributed by atoms with Crippen LogP contribution in [0.3, 0.4) is 0 Å². The molecular formula is C28H20FN5O4S. The van der Waals surface area contributed by atoms with Crippen molar-refractivity contribution in [3.05, 3.63) is 95.3 Å². The number of nitrogens with one attached hydrogen (secondary N) is 2. The highest BCUT2D eigenvalue weighted by Gasteiger charge is 2.21. The highest BCUT2D eigenvalue weighted by molar-refractivity contribution is 7.92. The first kappa shape index (κ1) is 25.6. The van der Waals surface area contributed by atoms with Crippen molar-refractivity contribution in [1.82, 2.24) is 15.2 Å². The molecule has 3 N–H and O–H groups in total. The van der Waals surface area contributed by atoms with Crippen molar-refractivity contribution in [3.8, 4) is 28.6 Å². The number of anilines is 1. The molecule has 5 aromatic rings. The Morgan fingerprint density at radius 3 is 2.36 bits per heavy atom. The van der Waals surface area contributed by atoms with Crippen LogP contribution in [0.5, 0.6) is 0 Å². The number of nitriles is 1. The van der Waals surface area contributed by atoms with Gasteiger partial charge in [0, 0.05) is 11.1 Å². The van der Waals surface area contributed by atoms with Crippen LogP contribution in [-0.4, -0.2) is 34.7 Å². The summed E-state index contributed by atoms with van der Waals surface area (Å²) in [5.74, 6) is -2.04. The van der Waals surface area contributed by atoms with Crippen molar-refractivity contribution in [2.45, 2.75) is 18.2 Å². The number of halogens is 1. The second-order valence-electron chi connectivity index (χ2n) is 8.64. The standard InChI is InChI=1S/C28H20FN5O4S/c1-2-16-3-6-19(7-4-16)26-25-21(28(35)36)14-24(31-27(25)33-32-26)18-8-10-20(11-9-18)39(37,38)34-23-12-5-17(15-30)13-22(23)29/h3-14,34H,2H2,1H3,(H,35,36)(H,31,32,33). The summed E-state index contributed by atoms with van der Waals surface area (Å²) >= 11 is 0. The van der Waals surface area contributed by atoms with Crippen LogP contribution in [0.4, 0.5) is 10.1 Å². The van der Waals surface area contributed by atoms with Gasteiger partial charge in [0.1, 0.15) is 5.82 Å². The van der Waals surface area contributed by atoms with Crippen molar-refractivity contribution in [2.75, 3.05) is 4.72 Å². The fourth-order valence-electron chi connectivity index (χ4n) is 4.13. The molecule has 11 heteroatoms. The van der Waals surface area contributed by atoms with Crippen molar-refractivity contribution in [3.63, 3.8) is 0 Å². The van der Waals surface area contributed by atoms with Gasteiger partial charge in [0.05, 0.1) is 44.6 Å². The number of hydrogen-bond acceptors (Lipinski definition) is 6. The molecule has 0 atom stereocenters. The van der Waals surface area contributed by atoms with E-state index >= 15 is 0 Å². The number of fused-ring (bicyclic) bond motifs is 1. The molecule has 0 fully saturated rings. The summed E-state index contributed by atoms with van der Waals surface area (Å²) in [5, 5.41) is 26.3. The first-order valence-electron chi connectivity index (χ1n) is 11.7. The number of carbonyl (C=O) groups is 1. The molecule has 0 saturated carbocycles. The number of sulfonamides is 1. The van der Waals surface area contributed by atoms with E-state index in [-0.39, 0.29) is 33.1 Å². The fraction of sp³-hybridized carbons (Fsp3) is 0.0714. The third-order valence-corrected chi connectivity index (χ3v) is 7.59. The average molecular weight is 542 g/mol. The second-order valence-corrected chi connectivity index (χ2v) is 10.3. The Bertz CT molecular complexity index is 1880. The van der Waals surface area contributed by atoms with Gasteiger partial charge in [0.15, 0.2) is 5.65 Å². The van der Waals surface area contributed by atoms with E-state index in [9.17, 15) is 22.7 Å². The summed E-state index contributed by atoms with van der Waals surface area (Å²) < 4.78 is 42.0. The number of aromatic amines is 1. The molecule has 9 nitrogen and oxygen atoms in total. The Labute approximate surface area is 222 Å². The lowest BCUT2D eigenvalue weighted by molar-refractivity contribution is 0.0699. The molecule has 39 heavy (non-hydrogen) atoms. The Morgan fingerprint density at radius 2 is 1.74 bits per heavy atom. The number of aromatic carboxylic acids is 1. The molecule has 0 unspecified atom stereocenters. The van der Waals surface area contributed by atoms with Gasteiger partial charge in [-0.25, -0.2) is 22.6 Å². The molecule has 0 saturated heterocycles. The van der Waals surface area contributed by atoms with Crippen LogP contribution in [0, 0.1) is 17.1 Å². The van der Waals surface area contributed by atoms with E-state index in [0.717, 1.165) is 23.6 Å². The van der Waals surface area contributed by atoms with E-state index in [1.54, 1.807) is 6.07 Å². The van der Waals surface area contributed by atoms with E-state index < -0.39 is 21.8 Å². The maximum absolute atomic E-state index is 14.2. The lowest BCUT2D eigenvalue weighted by Gasteiger charge is -2.10. The third kappa shape index (κ3) is 4.93. The number of aryl methyl sites for hydroxylation is 1. The minimum absolute atomic E-state index is 0.00651. The van der Waals surface area contributed by atoms with Gasteiger partial charge in [-0.15, -0.1) is 0 Å². The van der Waals surface area contributed by atoms with E-state index in [1.165, 1.54) is 42.5 Å². The first-order chi connectivity index (χ1) is 18.7. The van der Waals surface area contributed by atoms with Crippen LogP contribution in [0.1, 0.15) is 28.4 Å². The maximum Gasteiger partial charge on any atom is 0.336 e. The molecular weight excluding hydrogens is 521 g/mol. The summed E-state index contributed by atoms with van der Waals surface area (Å²) in [4.78, 5) is 16.6. The average Bonchev–Trinajstić information content (AvgIpc) is 3.37. The predicted octanol–water partition coefficient (Wildman–Crippen LogP) is 5.36. The van der Waals surface area contributed by atoms with Gasteiger partial charge >= 0.3 is 5.97 Å². The molecule has 0 amide bonds. The zero-order valence-electron chi connectivity index (χ0n) is 20.4. The molecule has 5 rings (SSSR count). The normalized spacial score (nSPS) is 11.3. The maximum atomic E-state index is 14.2. The third-order valence-electron chi connectivity index (χ3n) is 6.21. The molecule has 0 bridgehead atoms. The van der Waals surface area contributed by atoms with Crippen molar-refractivity contribution in [1.29, 1.82) is 5.26 Å². The minimum Gasteiger partial charge on any atom is -0.478 e. The van der Waals surface area contributed by atoms with Gasteiger partial charge in [-0.3, -0.25) is 9.82 Å². The van der Waals surface area contributed by atoms with Crippen molar-refractivity contribution in [2.24, 2.45) is 0 Å². The van der Waals surface area contributed by atoms with Crippen LogP contribution in [-0.2, 0) is 16.4 Å². The first-order valence-corrected chi connectivity index (χ1v) is 13.2. The molecule has 2 aromatic heterocycles. The molecule has 0 aliphatic heterocycles. The zero-order valence-corrected chi connectivity index (χ0v) is 21.3. The van der Waals surface area contributed by atoms with Gasteiger partial charge in [-0.05, 0) is 48.4 Å². The number of nitrogens with zero attached hydrogens (tertiary/aromatic N) is 3. The van der Waals surface area contributed by atoms with Gasteiger partial charge in [-0.2, -0.15) is 10.4 Å². The molecule has 2 heterocycles. The Kier molecular flexibility index (Phi) is 6.55. The highest BCUT2D eigenvalue weighted by atomic mass is 32.2. The van der Waals surface area contributed by atoms with Crippen LogP contribution in [0.15, 0.2) is 77.7 Å². The van der Waals surface area contributed by atoms with Crippen LogP contribution in [0.2, 0.25) is 0 Å². The number of pyridine rings is 1. The lowest BCUT2D eigenvalue weighted by atomic mass is 10.0.